The van der Waals surface area contributed by atoms with Gasteiger partial charge in [0.05, 0.1) is 11.0 Å². The first kappa shape index (κ1) is 23.4. The van der Waals surface area contributed by atoms with E-state index in [2.05, 4.69) is 15.3 Å². The number of hydrogen-bond donors (Lipinski definition) is 1. The first-order valence-electron chi connectivity index (χ1n) is 11.3. The van der Waals surface area contributed by atoms with Crippen LogP contribution >= 0.6 is 0 Å². The second-order valence-electron chi connectivity index (χ2n) is 9.62. The standard InChI is InChI=1S/C27H29N3O4/c1-26(2,3)34-23-10-8-22(9-11-23)33-21-6-4-19(5-7-21)15-30-25(32)27(12-13-27)14-24(31)20-16-28-18-29-17-20/h4-11,16-18H,12-15H2,1-3H3,(H,30,32). The Labute approximate surface area is 199 Å². The van der Waals surface area contributed by atoms with E-state index < -0.39 is 5.41 Å². The minimum atomic E-state index is -0.612. The average Bonchev–Trinajstić information content (AvgIpc) is 3.60. The Hall–Kier alpha value is -3.74. The second-order valence-corrected chi connectivity index (χ2v) is 9.62. The van der Waals surface area contributed by atoms with Gasteiger partial charge in [-0.15, -0.1) is 0 Å². The molecule has 2 aromatic carbocycles. The molecule has 0 saturated heterocycles. The Morgan fingerprint density at radius 2 is 1.47 bits per heavy atom. The van der Waals surface area contributed by atoms with Crippen LogP contribution in [0.25, 0.3) is 0 Å². The number of aromatic nitrogens is 2. The zero-order valence-electron chi connectivity index (χ0n) is 19.7. The van der Waals surface area contributed by atoms with Crippen molar-refractivity contribution in [3.8, 4) is 17.2 Å². The number of rotatable bonds is 9. The maximum Gasteiger partial charge on any atom is 0.226 e. The van der Waals surface area contributed by atoms with Gasteiger partial charge in [-0.05, 0) is 75.6 Å². The molecule has 0 bridgehead atoms. The zero-order valence-corrected chi connectivity index (χ0v) is 19.7. The van der Waals surface area contributed by atoms with Gasteiger partial charge in [0.15, 0.2) is 5.78 Å². The highest BCUT2D eigenvalue weighted by molar-refractivity contribution is 6.00. The van der Waals surface area contributed by atoms with Crippen LogP contribution in [0.4, 0.5) is 0 Å². The van der Waals surface area contributed by atoms with Crippen molar-refractivity contribution in [3.63, 3.8) is 0 Å². The molecule has 0 aliphatic heterocycles. The Kier molecular flexibility index (Phi) is 6.63. The van der Waals surface area contributed by atoms with Crippen LogP contribution in [-0.2, 0) is 11.3 Å². The third-order valence-electron chi connectivity index (χ3n) is 5.58. The fourth-order valence-electron chi connectivity index (χ4n) is 3.60. The van der Waals surface area contributed by atoms with E-state index in [0.29, 0.717) is 36.4 Å². The van der Waals surface area contributed by atoms with Crippen LogP contribution in [0.1, 0.15) is 56.0 Å². The van der Waals surface area contributed by atoms with Crippen molar-refractivity contribution in [1.29, 1.82) is 0 Å². The van der Waals surface area contributed by atoms with Crippen molar-refractivity contribution in [1.82, 2.24) is 15.3 Å². The zero-order chi connectivity index (χ0) is 24.2. The lowest BCUT2D eigenvalue weighted by molar-refractivity contribution is -0.126. The smallest absolute Gasteiger partial charge is 0.226 e. The molecule has 7 nitrogen and oxygen atoms in total. The van der Waals surface area contributed by atoms with Crippen LogP contribution in [0, 0.1) is 5.41 Å². The summed E-state index contributed by atoms with van der Waals surface area (Å²) in [6.07, 6.45) is 5.96. The fourth-order valence-corrected chi connectivity index (χ4v) is 3.60. The topological polar surface area (TPSA) is 90.4 Å². The van der Waals surface area contributed by atoms with Crippen LogP contribution in [0.15, 0.2) is 67.3 Å². The van der Waals surface area contributed by atoms with E-state index in [1.807, 2.05) is 69.3 Å². The number of amides is 1. The number of carbonyl (C=O) groups is 2. The number of ether oxygens (including phenoxy) is 2. The van der Waals surface area contributed by atoms with Crippen molar-refractivity contribution >= 4 is 11.7 Å². The van der Waals surface area contributed by atoms with E-state index in [-0.39, 0.29) is 23.7 Å². The number of hydrogen-bond acceptors (Lipinski definition) is 6. The monoisotopic (exact) mass is 459 g/mol. The van der Waals surface area contributed by atoms with E-state index in [1.54, 1.807) is 0 Å². The highest BCUT2D eigenvalue weighted by Crippen LogP contribution is 2.49. The fraction of sp³-hybridized carbons (Fsp3) is 0.333. The van der Waals surface area contributed by atoms with Gasteiger partial charge in [-0.1, -0.05) is 12.1 Å². The molecule has 1 fully saturated rings. The van der Waals surface area contributed by atoms with E-state index in [4.69, 9.17) is 9.47 Å². The summed E-state index contributed by atoms with van der Waals surface area (Å²) in [6, 6.07) is 15.1. The SMILES string of the molecule is CC(C)(C)Oc1ccc(Oc2ccc(CNC(=O)C3(CC(=O)c4cncnc4)CC3)cc2)cc1. The van der Waals surface area contributed by atoms with Crippen molar-refractivity contribution in [2.75, 3.05) is 0 Å². The molecule has 3 aromatic rings. The number of nitrogens with zero attached hydrogens (tertiary/aromatic N) is 2. The molecular weight excluding hydrogens is 430 g/mol. The van der Waals surface area contributed by atoms with Crippen molar-refractivity contribution in [3.05, 3.63) is 78.4 Å². The Morgan fingerprint density at radius 1 is 0.912 bits per heavy atom. The highest BCUT2D eigenvalue weighted by Gasteiger charge is 2.51. The molecule has 34 heavy (non-hydrogen) atoms. The lowest BCUT2D eigenvalue weighted by atomic mass is 9.95. The van der Waals surface area contributed by atoms with Crippen molar-refractivity contribution in [2.24, 2.45) is 5.41 Å². The molecule has 7 heteroatoms. The minimum absolute atomic E-state index is 0.0874. The predicted molar refractivity (Wildman–Crippen MR) is 128 cm³/mol. The van der Waals surface area contributed by atoms with E-state index in [9.17, 15) is 9.59 Å². The van der Waals surface area contributed by atoms with Gasteiger partial charge in [0.1, 0.15) is 29.2 Å². The van der Waals surface area contributed by atoms with Crippen LogP contribution in [0.2, 0.25) is 0 Å². The first-order valence-corrected chi connectivity index (χ1v) is 11.3. The van der Waals surface area contributed by atoms with Gasteiger partial charge in [0, 0.05) is 25.4 Å². The molecule has 4 rings (SSSR count). The molecule has 1 heterocycles. The predicted octanol–water partition coefficient (Wildman–Crippen LogP) is 5.12. The lowest BCUT2D eigenvalue weighted by Gasteiger charge is -2.21. The number of nitrogens with one attached hydrogen (secondary N) is 1. The number of Topliss-reactive ketones (excluding diaryl/α,β-unsaturated/α-hetero) is 1. The van der Waals surface area contributed by atoms with Gasteiger partial charge in [-0.2, -0.15) is 0 Å². The van der Waals surface area contributed by atoms with Crippen LogP contribution in [0.5, 0.6) is 17.2 Å². The maximum absolute atomic E-state index is 12.8. The van der Waals surface area contributed by atoms with Crippen LogP contribution in [0.3, 0.4) is 0 Å². The molecule has 1 aromatic heterocycles. The minimum Gasteiger partial charge on any atom is -0.488 e. The third-order valence-corrected chi connectivity index (χ3v) is 5.58. The average molecular weight is 460 g/mol. The number of carbonyl (C=O) groups excluding carboxylic acids is 2. The lowest BCUT2D eigenvalue weighted by Crippen LogP contribution is -2.33. The normalized spacial score (nSPS) is 14.2. The summed E-state index contributed by atoms with van der Waals surface area (Å²) < 4.78 is 11.7. The largest absolute Gasteiger partial charge is 0.488 e. The summed E-state index contributed by atoms with van der Waals surface area (Å²) in [5.41, 5.74) is 0.527. The maximum atomic E-state index is 12.8. The quantitative estimate of drug-likeness (QED) is 0.447. The molecule has 0 radical (unpaired) electrons. The molecule has 1 N–H and O–H groups in total. The summed E-state index contributed by atoms with van der Waals surface area (Å²) in [7, 11) is 0. The summed E-state index contributed by atoms with van der Waals surface area (Å²) in [4.78, 5) is 33.0. The Morgan fingerprint density at radius 3 is 2.03 bits per heavy atom. The van der Waals surface area contributed by atoms with Gasteiger partial charge in [-0.3, -0.25) is 9.59 Å². The molecule has 0 atom stereocenters. The van der Waals surface area contributed by atoms with Crippen LogP contribution in [-0.4, -0.2) is 27.3 Å². The highest BCUT2D eigenvalue weighted by atomic mass is 16.5. The van der Waals surface area contributed by atoms with Crippen molar-refractivity contribution in [2.45, 2.75) is 52.2 Å². The number of ketones is 1. The molecule has 1 aliphatic carbocycles. The molecule has 0 unspecified atom stereocenters. The molecule has 0 spiro atoms. The second kappa shape index (κ2) is 9.63. The van der Waals surface area contributed by atoms with Gasteiger partial charge < -0.3 is 14.8 Å². The molecule has 1 amide bonds. The van der Waals surface area contributed by atoms with E-state index >= 15 is 0 Å². The summed E-state index contributed by atoms with van der Waals surface area (Å²) in [5, 5.41) is 2.98. The molecular formula is C27H29N3O4. The van der Waals surface area contributed by atoms with Crippen molar-refractivity contribution < 1.29 is 19.1 Å². The van der Waals surface area contributed by atoms with Gasteiger partial charge in [-0.25, -0.2) is 9.97 Å². The van der Waals surface area contributed by atoms with E-state index in [0.717, 1.165) is 11.3 Å². The van der Waals surface area contributed by atoms with Crippen LogP contribution < -0.4 is 14.8 Å². The van der Waals surface area contributed by atoms with E-state index in [1.165, 1.54) is 18.7 Å². The molecule has 176 valence electrons. The molecule has 1 saturated carbocycles. The van der Waals surface area contributed by atoms with Gasteiger partial charge in [0.2, 0.25) is 5.91 Å². The number of benzene rings is 2. The summed E-state index contributed by atoms with van der Waals surface area (Å²) in [6.45, 7) is 6.41. The summed E-state index contributed by atoms with van der Waals surface area (Å²) >= 11 is 0. The van der Waals surface area contributed by atoms with Gasteiger partial charge >= 0.3 is 0 Å². The summed E-state index contributed by atoms with van der Waals surface area (Å²) in [5.74, 6) is 2.02. The third kappa shape index (κ3) is 6.19. The Balaban J connectivity index is 1.27. The molecule has 1 aliphatic rings. The van der Waals surface area contributed by atoms with Gasteiger partial charge in [0.25, 0.3) is 0 Å². The first-order chi connectivity index (χ1) is 16.2. The Bertz CT molecular complexity index is 1130.